The van der Waals surface area contributed by atoms with Gasteiger partial charge >= 0.3 is 0 Å². The minimum Gasteiger partial charge on any atom is -0.387 e. The predicted octanol–water partition coefficient (Wildman–Crippen LogP) is 9.21. The molecule has 4 N–H and O–H groups in total. The molecule has 3 unspecified atom stereocenters. The first-order valence-corrected chi connectivity index (χ1v) is 20.1. The number of hydrogen-bond donors (Lipinski definition) is 4. The van der Waals surface area contributed by atoms with Gasteiger partial charge in [-0.25, -0.2) is 0 Å². The fraction of sp³-hybridized carbons (Fsp3) is 0.917. The molecule has 0 saturated heterocycles. The third-order valence-electron chi connectivity index (χ3n) is 8.57. The molecule has 0 aromatic heterocycles. The Morgan fingerprint density at radius 3 is 1.36 bits per heavy atom. The second-order valence-corrected chi connectivity index (χ2v) is 14.5. The molecule has 0 heterocycles. The summed E-state index contributed by atoms with van der Waals surface area (Å²) >= 11 is 0. The van der Waals surface area contributed by atoms with Crippen molar-refractivity contribution in [3.05, 3.63) is 12.2 Å². The summed E-state index contributed by atoms with van der Waals surface area (Å²) in [5.41, 5.74) is 0. The summed E-state index contributed by atoms with van der Waals surface area (Å²) in [6.45, 7) is 4.48. The average molecular weight is 646 g/mol. The van der Waals surface area contributed by atoms with E-state index in [2.05, 4.69) is 19.2 Å². The van der Waals surface area contributed by atoms with Crippen LogP contribution < -0.4 is 5.32 Å². The molecule has 3 atom stereocenters. The van der Waals surface area contributed by atoms with Gasteiger partial charge < -0.3 is 15.5 Å². The smallest absolute Gasteiger partial charge is 0.267 e. The summed E-state index contributed by atoms with van der Waals surface area (Å²) < 4.78 is 32.4. The highest BCUT2D eigenvalue weighted by Gasteiger charge is 2.27. The Labute approximate surface area is 272 Å². The predicted molar refractivity (Wildman–Crippen MR) is 186 cm³/mol. The lowest BCUT2D eigenvalue weighted by molar-refractivity contribution is -0.130. The van der Waals surface area contributed by atoms with Crippen molar-refractivity contribution in [2.75, 3.05) is 5.75 Å². The van der Waals surface area contributed by atoms with E-state index in [1.165, 1.54) is 128 Å². The van der Waals surface area contributed by atoms with E-state index in [0.717, 1.165) is 38.5 Å². The first kappa shape index (κ1) is 43.0. The second kappa shape index (κ2) is 30.7. The molecule has 0 saturated carbocycles. The molecule has 0 radical (unpaired) electrons. The van der Waals surface area contributed by atoms with Crippen molar-refractivity contribution in [3.8, 4) is 0 Å². The molecular formula is C36H71NO6S. The van der Waals surface area contributed by atoms with E-state index in [9.17, 15) is 28.0 Å². The van der Waals surface area contributed by atoms with Crippen LogP contribution in [0, 0.1) is 0 Å². The Hall–Kier alpha value is -0.960. The van der Waals surface area contributed by atoms with Crippen LogP contribution in [0.25, 0.3) is 0 Å². The van der Waals surface area contributed by atoms with Crippen LogP contribution in [-0.4, -0.2) is 53.1 Å². The Morgan fingerprint density at radius 2 is 0.977 bits per heavy atom. The minimum atomic E-state index is -4.43. The Kier molecular flexibility index (Phi) is 30.0. The van der Waals surface area contributed by atoms with Crippen LogP contribution in [-0.2, 0) is 14.9 Å². The monoisotopic (exact) mass is 646 g/mol. The topological polar surface area (TPSA) is 124 Å². The van der Waals surface area contributed by atoms with Crippen molar-refractivity contribution in [1.82, 2.24) is 5.32 Å². The SMILES string of the molecule is CCCCCCCCCCCC/C=C/C(O)C(CS(=O)(=O)O)NC(=O)C(O)CCCCCCCCCCCCCCCCC. The summed E-state index contributed by atoms with van der Waals surface area (Å²) in [6.07, 6.45) is 32.6. The molecular weight excluding hydrogens is 574 g/mol. The van der Waals surface area contributed by atoms with Crippen molar-refractivity contribution in [1.29, 1.82) is 0 Å². The number of nitrogens with one attached hydrogen (secondary N) is 1. The van der Waals surface area contributed by atoms with Gasteiger partial charge in [0.25, 0.3) is 10.1 Å². The molecule has 0 aliphatic rings. The highest BCUT2D eigenvalue weighted by atomic mass is 32.2. The molecule has 7 nitrogen and oxygen atoms in total. The average Bonchev–Trinajstić information content (AvgIpc) is 2.98. The van der Waals surface area contributed by atoms with Gasteiger partial charge in [0.15, 0.2) is 0 Å². The number of allylic oxidation sites excluding steroid dienone is 1. The maximum absolute atomic E-state index is 12.5. The van der Waals surface area contributed by atoms with Crippen molar-refractivity contribution in [2.24, 2.45) is 0 Å². The summed E-state index contributed by atoms with van der Waals surface area (Å²) in [4.78, 5) is 12.5. The van der Waals surface area contributed by atoms with E-state index in [-0.39, 0.29) is 6.42 Å². The zero-order chi connectivity index (χ0) is 32.7. The van der Waals surface area contributed by atoms with Crippen LogP contribution >= 0.6 is 0 Å². The fourth-order valence-corrected chi connectivity index (χ4v) is 6.43. The standard InChI is InChI=1S/C36H71NO6S/c1-3-5-7-9-11-13-15-17-18-19-21-23-25-27-29-31-35(39)36(40)37-33(32-44(41,42)43)34(38)30-28-26-24-22-20-16-14-12-10-8-6-4-2/h28,30,33-35,38-39H,3-27,29,31-32H2,1-2H3,(H,37,40)(H,41,42,43)/b30-28+. The van der Waals surface area contributed by atoms with E-state index in [0.29, 0.717) is 6.42 Å². The molecule has 262 valence electrons. The second-order valence-electron chi connectivity index (χ2n) is 13.0. The van der Waals surface area contributed by atoms with Crippen LogP contribution in [0.2, 0.25) is 0 Å². The third kappa shape index (κ3) is 29.7. The van der Waals surface area contributed by atoms with Gasteiger partial charge in [-0.2, -0.15) is 8.42 Å². The van der Waals surface area contributed by atoms with E-state index in [1.54, 1.807) is 6.08 Å². The molecule has 0 spiro atoms. The first-order valence-electron chi connectivity index (χ1n) is 18.5. The summed E-state index contributed by atoms with van der Waals surface area (Å²) in [5.74, 6) is -1.53. The molecule has 0 aliphatic heterocycles. The highest BCUT2D eigenvalue weighted by molar-refractivity contribution is 7.85. The van der Waals surface area contributed by atoms with Gasteiger partial charge in [-0.1, -0.05) is 180 Å². The number of carbonyl (C=O) groups is 1. The fourth-order valence-electron chi connectivity index (χ4n) is 5.69. The number of amides is 1. The minimum absolute atomic E-state index is 0.285. The number of aliphatic hydroxyl groups excluding tert-OH is 2. The van der Waals surface area contributed by atoms with Crippen LogP contribution in [0.5, 0.6) is 0 Å². The zero-order valence-corrected chi connectivity index (χ0v) is 29.5. The maximum atomic E-state index is 12.5. The first-order chi connectivity index (χ1) is 21.2. The number of unbranched alkanes of at least 4 members (excludes halogenated alkanes) is 24. The molecule has 0 aromatic rings. The molecule has 0 bridgehead atoms. The van der Waals surface area contributed by atoms with Gasteiger partial charge in [0, 0.05) is 0 Å². The van der Waals surface area contributed by atoms with Gasteiger partial charge in [0.05, 0.1) is 17.9 Å². The lowest BCUT2D eigenvalue weighted by Crippen LogP contribution is -2.50. The van der Waals surface area contributed by atoms with Gasteiger partial charge in [0.2, 0.25) is 5.91 Å². The maximum Gasteiger partial charge on any atom is 0.267 e. The lowest BCUT2D eigenvalue weighted by Gasteiger charge is -2.22. The molecule has 8 heteroatoms. The van der Waals surface area contributed by atoms with Crippen LogP contribution in [0.15, 0.2) is 12.2 Å². The zero-order valence-electron chi connectivity index (χ0n) is 28.7. The van der Waals surface area contributed by atoms with E-state index < -0.39 is 40.0 Å². The molecule has 0 aromatic carbocycles. The molecule has 0 rings (SSSR count). The van der Waals surface area contributed by atoms with Crippen molar-refractivity contribution < 1.29 is 28.0 Å². The largest absolute Gasteiger partial charge is 0.387 e. The normalized spacial score (nSPS) is 14.2. The Bertz CT molecular complexity index is 773. The van der Waals surface area contributed by atoms with Crippen LogP contribution in [0.4, 0.5) is 0 Å². The molecule has 44 heavy (non-hydrogen) atoms. The van der Waals surface area contributed by atoms with Crippen molar-refractivity contribution in [2.45, 2.75) is 205 Å². The van der Waals surface area contributed by atoms with Crippen molar-refractivity contribution >= 4 is 16.0 Å². The Morgan fingerprint density at radius 1 is 0.614 bits per heavy atom. The number of aliphatic hydroxyl groups is 2. The number of carbonyl (C=O) groups excluding carboxylic acids is 1. The van der Waals surface area contributed by atoms with E-state index in [1.807, 2.05) is 0 Å². The third-order valence-corrected chi connectivity index (χ3v) is 9.35. The van der Waals surface area contributed by atoms with Gasteiger partial charge in [-0.15, -0.1) is 0 Å². The summed E-state index contributed by atoms with van der Waals surface area (Å²) in [5, 5.41) is 23.3. The summed E-state index contributed by atoms with van der Waals surface area (Å²) in [6, 6.07) is -1.22. The molecule has 0 aliphatic carbocycles. The van der Waals surface area contributed by atoms with E-state index >= 15 is 0 Å². The lowest BCUT2D eigenvalue weighted by atomic mass is 10.0. The summed E-state index contributed by atoms with van der Waals surface area (Å²) in [7, 11) is -4.43. The van der Waals surface area contributed by atoms with Crippen molar-refractivity contribution in [3.63, 3.8) is 0 Å². The molecule has 0 fully saturated rings. The quantitative estimate of drug-likeness (QED) is 0.0320. The van der Waals surface area contributed by atoms with Gasteiger partial charge in [-0.3, -0.25) is 9.35 Å². The van der Waals surface area contributed by atoms with Gasteiger partial charge in [0.1, 0.15) is 6.10 Å². The number of rotatable bonds is 33. The van der Waals surface area contributed by atoms with Crippen LogP contribution in [0.1, 0.15) is 187 Å². The highest BCUT2D eigenvalue weighted by Crippen LogP contribution is 2.15. The van der Waals surface area contributed by atoms with E-state index in [4.69, 9.17) is 0 Å². The Balaban J connectivity index is 4.08. The number of hydrogen-bond acceptors (Lipinski definition) is 5. The molecule has 1 amide bonds. The van der Waals surface area contributed by atoms with Crippen LogP contribution in [0.3, 0.4) is 0 Å². The van der Waals surface area contributed by atoms with Gasteiger partial charge in [-0.05, 0) is 19.3 Å².